The van der Waals surface area contributed by atoms with Gasteiger partial charge in [0.05, 0.1) is 17.6 Å². The van der Waals surface area contributed by atoms with Gasteiger partial charge in [-0.25, -0.2) is 8.42 Å². The summed E-state index contributed by atoms with van der Waals surface area (Å²) in [5, 5.41) is 2.80. The minimum Gasteiger partial charge on any atom is -0.496 e. The van der Waals surface area contributed by atoms with Crippen LogP contribution >= 0.6 is 0 Å². The van der Waals surface area contributed by atoms with Crippen LogP contribution in [0.4, 0.5) is 0 Å². The van der Waals surface area contributed by atoms with Gasteiger partial charge >= 0.3 is 0 Å². The molecule has 0 radical (unpaired) electrons. The minimum absolute atomic E-state index is 0.130. The van der Waals surface area contributed by atoms with Crippen LogP contribution < -0.4 is 10.1 Å². The summed E-state index contributed by atoms with van der Waals surface area (Å²) in [6, 6.07) is 4.46. The Morgan fingerprint density at radius 1 is 1.31 bits per heavy atom. The van der Waals surface area contributed by atoms with Gasteiger partial charge in [-0.05, 0) is 51.1 Å². The third kappa shape index (κ3) is 4.96. The summed E-state index contributed by atoms with van der Waals surface area (Å²) in [5.41, 5.74) is 0.234. The number of carbonyl (C=O) groups is 1. The van der Waals surface area contributed by atoms with Crippen molar-refractivity contribution in [3.05, 3.63) is 23.8 Å². The number of amides is 1. The van der Waals surface area contributed by atoms with Gasteiger partial charge in [0.15, 0.2) is 0 Å². The van der Waals surface area contributed by atoms with Crippen molar-refractivity contribution in [2.45, 2.75) is 24.7 Å². The number of nitrogens with one attached hydrogen (secondary N) is 1. The maximum absolute atomic E-state index is 12.9. The van der Waals surface area contributed by atoms with Crippen molar-refractivity contribution in [3.63, 3.8) is 0 Å². The van der Waals surface area contributed by atoms with Crippen LogP contribution in [0.3, 0.4) is 0 Å². The Balaban J connectivity index is 2.23. The topological polar surface area (TPSA) is 79.0 Å². The van der Waals surface area contributed by atoms with Gasteiger partial charge < -0.3 is 15.0 Å². The molecule has 0 atom stereocenters. The standard InChI is InChI=1S/C18H29N3O4S/c1-14-7-10-21(11-8-14)26(23,24)15-5-6-17(25-4)16(13-15)18(22)19-9-12-20(2)3/h5-6,13-14H,7-12H2,1-4H3,(H,19,22). The highest BCUT2D eigenvalue weighted by atomic mass is 32.2. The van der Waals surface area contributed by atoms with E-state index in [1.165, 1.54) is 23.5 Å². The number of likely N-dealkylation sites (N-methyl/N-ethyl adjacent to an activating group) is 1. The highest BCUT2D eigenvalue weighted by Gasteiger charge is 2.29. The van der Waals surface area contributed by atoms with Crippen LogP contribution in [-0.2, 0) is 10.0 Å². The van der Waals surface area contributed by atoms with E-state index in [-0.39, 0.29) is 16.4 Å². The Labute approximate surface area is 156 Å². The molecule has 2 rings (SSSR count). The van der Waals surface area contributed by atoms with Crippen molar-refractivity contribution in [1.82, 2.24) is 14.5 Å². The second-order valence-electron chi connectivity index (χ2n) is 7.01. The zero-order valence-electron chi connectivity index (χ0n) is 16.0. The maximum atomic E-state index is 12.9. The Hall–Kier alpha value is -1.64. The summed E-state index contributed by atoms with van der Waals surface area (Å²) in [4.78, 5) is 14.6. The SMILES string of the molecule is COc1ccc(S(=O)(=O)N2CCC(C)CC2)cc1C(=O)NCCN(C)C. The van der Waals surface area contributed by atoms with Crippen molar-refractivity contribution >= 4 is 15.9 Å². The number of nitrogens with zero attached hydrogens (tertiary/aromatic N) is 2. The van der Waals surface area contributed by atoms with Crippen molar-refractivity contribution < 1.29 is 17.9 Å². The third-order valence-electron chi connectivity index (χ3n) is 4.64. The number of sulfonamides is 1. The maximum Gasteiger partial charge on any atom is 0.255 e. The summed E-state index contributed by atoms with van der Waals surface area (Å²) < 4.78 is 32.6. The van der Waals surface area contributed by atoms with Crippen LogP contribution in [0.1, 0.15) is 30.1 Å². The third-order valence-corrected chi connectivity index (χ3v) is 6.54. The first-order valence-electron chi connectivity index (χ1n) is 8.87. The molecule has 1 aromatic carbocycles. The highest BCUT2D eigenvalue weighted by Crippen LogP contribution is 2.27. The van der Waals surface area contributed by atoms with Gasteiger partial charge in [-0.3, -0.25) is 4.79 Å². The molecule has 0 unspecified atom stereocenters. The van der Waals surface area contributed by atoms with Gasteiger partial charge in [-0.15, -0.1) is 0 Å². The molecular weight excluding hydrogens is 354 g/mol. The van der Waals surface area contributed by atoms with Gasteiger partial charge in [0.2, 0.25) is 10.0 Å². The van der Waals surface area contributed by atoms with Crippen molar-refractivity contribution in [3.8, 4) is 5.75 Å². The van der Waals surface area contributed by atoms with Crippen LogP contribution in [0.15, 0.2) is 23.1 Å². The molecule has 1 aliphatic rings. The fourth-order valence-electron chi connectivity index (χ4n) is 2.89. The van der Waals surface area contributed by atoms with E-state index in [9.17, 15) is 13.2 Å². The lowest BCUT2D eigenvalue weighted by Gasteiger charge is -2.29. The van der Waals surface area contributed by atoms with E-state index in [2.05, 4.69) is 12.2 Å². The zero-order chi connectivity index (χ0) is 19.3. The van der Waals surface area contributed by atoms with Crippen LogP contribution in [-0.4, -0.2) is 70.9 Å². The van der Waals surface area contributed by atoms with Crippen LogP contribution in [0, 0.1) is 5.92 Å². The molecule has 0 spiro atoms. The van der Waals surface area contributed by atoms with E-state index in [0.29, 0.717) is 37.8 Å². The average molecular weight is 384 g/mol. The Morgan fingerprint density at radius 2 is 1.96 bits per heavy atom. The van der Waals surface area contributed by atoms with Crippen molar-refractivity contribution in [1.29, 1.82) is 0 Å². The number of rotatable bonds is 7. The molecule has 8 heteroatoms. The molecule has 1 fully saturated rings. The molecular formula is C18H29N3O4S. The van der Waals surface area contributed by atoms with Crippen LogP contribution in [0.2, 0.25) is 0 Å². The predicted octanol–water partition coefficient (Wildman–Crippen LogP) is 1.41. The van der Waals surface area contributed by atoms with Gasteiger partial charge in [0.1, 0.15) is 5.75 Å². The second-order valence-corrected chi connectivity index (χ2v) is 8.95. The van der Waals surface area contributed by atoms with Gasteiger partial charge in [0.25, 0.3) is 5.91 Å². The fraction of sp³-hybridized carbons (Fsp3) is 0.611. The first kappa shape index (κ1) is 20.7. The van der Waals surface area contributed by atoms with Crippen molar-refractivity contribution in [2.75, 3.05) is 47.4 Å². The van der Waals surface area contributed by atoms with Crippen molar-refractivity contribution in [2.24, 2.45) is 5.92 Å². The molecule has 0 aliphatic carbocycles. The van der Waals surface area contributed by atoms with E-state index >= 15 is 0 Å². The molecule has 0 saturated carbocycles. The highest BCUT2D eigenvalue weighted by molar-refractivity contribution is 7.89. The Bertz CT molecular complexity index is 726. The first-order valence-corrected chi connectivity index (χ1v) is 10.3. The van der Waals surface area contributed by atoms with E-state index in [0.717, 1.165) is 12.8 Å². The summed E-state index contributed by atoms with van der Waals surface area (Å²) in [7, 11) is 1.69. The summed E-state index contributed by atoms with van der Waals surface area (Å²) in [6.45, 7) is 4.32. The average Bonchev–Trinajstić information content (AvgIpc) is 2.61. The number of carbonyl (C=O) groups excluding carboxylic acids is 1. The molecule has 1 N–H and O–H groups in total. The van der Waals surface area contributed by atoms with E-state index in [1.807, 2.05) is 19.0 Å². The molecule has 1 heterocycles. The Kier molecular flexibility index (Phi) is 7.02. The largest absolute Gasteiger partial charge is 0.496 e. The molecule has 26 heavy (non-hydrogen) atoms. The number of methoxy groups -OCH3 is 1. The minimum atomic E-state index is -3.61. The normalized spacial score (nSPS) is 16.7. The number of benzene rings is 1. The van der Waals surface area contributed by atoms with Gasteiger partial charge in [-0.1, -0.05) is 6.92 Å². The molecule has 0 aromatic heterocycles. The number of ether oxygens (including phenoxy) is 1. The Morgan fingerprint density at radius 3 is 2.54 bits per heavy atom. The predicted molar refractivity (Wildman–Crippen MR) is 101 cm³/mol. The van der Waals surface area contributed by atoms with Crippen LogP contribution in [0.5, 0.6) is 5.75 Å². The molecule has 1 aromatic rings. The monoisotopic (exact) mass is 383 g/mol. The molecule has 1 amide bonds. The lowest BCUT2D eigenvalue weighted by molar-refractivity contribution is 0.0948. The first-order chi connectivity index (χ1) is 12.3. The van der Waals surface area contributed by atoms with E-state index in [4.69, 9.17) is 4.74 Å². The van der Waals surface area contributed by atoms with Gasteiger partial charge in [0, 0.05) is 26.2 Å². The van der Waals surface area contributed by atoms with Gasteiger partial charge in [-0.2, -0.15) is 4.31 Å². The number of hydrogen-bond donors (Lipinski definition) is 1. The summed E-state index contributed by atoms with van der Waals surface area (Å²) >= 11 is 0. The fourth-order valence-corrected chi connectivity index (χ4v) is 4.38. The van der Waals surface area contributed by atoms with E-state index in [1.54, 1.807) is 6.07 Å². The quantitative estimate of drug-likeness (QED) is 0.770. The lowest BCUT2D eigenvalue weighted by Crippen LogP contribution is -2.38. The molecule has 146 valence electrons. The van der Waals surface area contributed by atoms with Crippen LogP contribution in [0.25, 0.3) is 0 Å². The molecule has 1 saturated heterocycles. The lowest BCUT2D eigenvalue weighted by atomic mass is 10.0. The summed E-state index contributed by atoms with van der Waals surface area (Å²) in [6.07, 6.45) is 1.71. The molecule has 1 aliphatic heterocycles. The van der Waals surface area contributed by atoms with E-state index < -0.39 is 10.0 Å². The second kappa shape index (κ2) is 8.83. The smallest absolute Gasteiger partial charge is 0.255 e. The zero-order valence-corrected chi connectivity index (χ0v) is 16.8. The number of piperidine rings is 1. The number of hydrogen-bond acceptors (Lipinski definition) is 5. The summed E-state index contributed by atoms with van der Waals surface area (Å²) in [5.74, 6) is 0.557. The molecule has 0 bridgehead atoms. The molecule has 7 nitrogen and oxygen atoms in total.